The Kier molecular flexibility index (Phi) is 6.13. The second-order valence-electron chi connectivity index (χ2n) is 9.83. The summed E-state index contributed by atoms with van der Waals surface area (Å²) >= 11 is 0. The van der Waals surface area contributed by atoms with Crippen molar-refractivity contribution in [3.05, 3.63) is 89.3 Å². The molecule has 2 N–H and O–H groups in total. The fourth-order valence-electron chi connectivity index (χ4n) is 5.62. The van der Waals surface area contributed by atoms with E-state index in [0.717, 1.165) is 49.3 Å². The monoisotopic (exact) mass is 451 g/mol. The van der Waals surface area contributed by atoms with E-state index in [1.807, 2.05) is 6.21 Å². The fourth-order valence-corrected chi connectivity index (χ4v) is 5.62. The van der Waals surface area contributed by atoms with Crippen LogP contribution < -0.4 is 5.32 Å². The highest BCUT2D eigenvalue weighted by atomic mass is 15.2. The second kappa shape index (κ2) is 9.69. The Balaban J connectivity index is 1.25. The number of aromatic nitrogens is 2. The predicted octanol–water partition coefficient (Wildman–Crippen LogP) is 5.48. The highest BCUT2D eigenvalue weighted by Gasteiger charge is 2.27. The van der Waals surface area contributed by atoms with Gasteiger partial charge in [-0.2, -0.15) is 0 Å². The lowest BCUT2D eigenvalue weighted by Crippen LogP contribution is -2.37. The smallest absolute Gasteiger partial charge is 0.121 e. The molecule has 2 aromatic carbocycles. The maximum atomic E-state index is 4.88. The molecular formula is C29H33N5. The van der Waals surface area contributed by atoms with Gasteiger partial charge < -0.3 is 10.3 Å². The molecule has 3 unspecified atom stereocenters. The van der Waals surface area contributed by atoms with Gasteiger partial charge in [-0.25, -0.2) is 4.98 Å². The van der Waals surface area contributed by atoms with Crippen molar-refractivity contribution in [1.29, 1.82) is 0 Å². The molecule has 5 heteroatoms. The van der Waals surface area contributed by atoms with Gasteiger partial charge in [-0.15, -0.1) is 0 Å². The lowest BCUT2D eigenvalue weighted by atomic mass is 9.89. The third-order valence-corrected chi connectivity index (χ3v) is 7.48. The summed E-state index contributed by atoms with van der Waals surface area (Å²) in [5.74, 6) is 1.03. The largest absolute Gasteiger partial charge is 0.341 e. The molecule has 0 bridgehead atoms. The Morgan fingerprint density at radius 3 is 2.71 bits per heavy atom. The van der Waals surface area contributed by atoms with Crippen LogP contribution in [0.2, 0.25) is 0 Å². The number of dihydropyridines is 1. The van der Waals surface area contributed by atoms with Gasteiger partial charge in [0.1, 0.15) is 5.82 Å². The molecule has 0 saturated carbocycles. The number of rotatable bonds is 6. The first-order valence-electron chi connectivity index (χ1n) is 12.7. The van der Waals surface area contributed by atoms with Crippen LogP contribution >= 0.6 is 0 Å². The van der Waals surface area contributed by atoms with Gasteiger partial charge in [0.05, 0.1) is 23.6 Å². The predicted molar refractivity (Wildman–Crippen MR) is 139 cm³/mol. The summed E-state index contributed by atoms with van der Waals surface area (Å²) in [6.45, 7) is 2.84. The number of piperidine rings is 1. The first-order valence-corrected chi connectivity index (χ1v) is 12.7. The first-order chi connectivity index (χ1) is 16.8. The van der Waals surface area contributed by atoms with Gasteiger partial charge in [-0.05, 0) is 67.1 Å². The van der Waals surface area contributed by atoms with Crippen LogP contribution in [0, 0.1) is 0 Å². The molecule has 1 aromatic heterocycles. The van der Waals surface area contributed by atoms with Crippen LogP contribution in [0.4, 0.5) is 0 Å². The van der Waals surface area contributed by atoms with E-state index in [9.17, 15) is 0 Å². The molecule has 6 rings (SSSR count). The minimum atomic E-state index is 0.330. The zero-order valence-electron chi connectivity index (χ0n) is 19.7. The highest BCUT2D eigenvalue weighted by molar-refractivity contribution is 5.75. The molecule has 1 saturated heterocycles. The fraction of sp³-hybridized carbons (Fsp3) is 0.379. The number of benzene rings is 2. The molecule has 3 heterocycles. The molecule has 3 aromatic rings. The molecule has 174 valence electrons. The van der Waals surface area contributed by atoms with E-state index in [1.54, 1.807) is 0 Å². The van der Waals surface area contributed by atoms with E-state index in [2.05, 4.69) is 87.0 Å². The molecule has 0 amide bonds. The molecule has 3 atom stereocenters. The quantitative estimate of drug-likeness (QED) is 0.522. The van der Waals surface area contributed by atoms with Crippen molar-refractivity contribution in [2.24, 2.45) is 4.99 Å². The summed E-state index contributed by atoms with van der Waals surface area (Å²) in [4.78, 5) is 15.7. The van der Waals surface area contributed by atoms with E-state index in [1.165, 1.54) is 36.0 Å². The minimum Gasteiger partial charge on any atom is -0.341 e. The number of nitrogens with zero attached hydrogens (tertiary/aromatic N) is 3. The average Bonchev–Trinajstić information content (AvgIpc) is 3.31. The van der Waals surface area contributed by atoms with Crippen LogP contribution in [0.1, 0.15) is 55.1 Å². The molecule has 3 aliphatic rings. The Morgan fingerprint density at radius 1 is 0.941 bits per heavy atom. The number of H-pyrrole nitrogens is 1. The number of allylic oxidation sites excluding steroid dienone is 1. The SMILES string of the molecule is C1=CC2=CC(N(Cc3ccc(C4CCCCN4)cc3)Cc3nc4ccccc4[nH]3)CCC2N=C1. The Bertz CT molecular complexity index is 1180. The molecule has 0 radical (unpaired) electrons. The standard InChI is InChI=1S/C29H33N5/c1-2-9-28-27(8-1)32-29(33-28)20-34(24-14-15-26-23(18-24)6-5-17-31-26)19-21-10-12-22(13-11-21)25-7-3-4-16-30-25/h1-2,5-6,8-13,17-18,24-26,30H,3-4,7,14-16,19-20H2,(H,32,33). The van der Waals surface area contributed by atoms with Gasteiger partial charge in [-0.1, -0.05) is 55.0 Å². The number of imidazole rings is 1. The molecule has 1 aliphatic carbocycles. The Morgan fingerprint density at radius 2 is 1.85 bits per heavy atom. The second-order valence-corrected chi connectivity index (χ2v) is 9.83. The number of hydrogen-bond donors (Lipinski definition) is 2. The number of nitrogens with one attached hydrogen (secondary N) is 2. The number of para-hydroxylation sites is 2. The number of aliphatic imine (C=N–C) groups is 1. The maximum absolute atomic E-state index is 4.88. The van der Waals surface area contributed by atoms with Crippen molar-refractivity contribution < 1.29 is 0 Å². The summed E-state index contributed by atoms with van der Waals surface area (Å²) in [5.41, 5.74) is 6.27. The van der Waals surface area contributed by atoms with Crippen LogP contribution in [-0.4, -0.2) is 39.7 Å². The molecule has 5 nitrogen and oxygen atoms in total. The van der Waals surface area contributed by atoms with Gasteiger partial charge in [-0.3, -0.25) is 9.89 Å². The van der Waals surface area contributed by atoms with E-state index >= 15 is 0 Å². The topological polar surface area (TPSA) is 56.3 Å². The molecule has 1 fully saturated rings. The summed E-state index contributed by atoms with van der Waals surface area (Å²) in [6, 6.07) is 18.8. The summed E-state index contributed by atoms with van der Waals surface area (Å²) < 4.78 is 0. The normalized spacial score (nSPS) is 24.4. The lowest BCUT2D eigenvalue weighted by molar-refractivity contribution is 0.188. The van der Waals surface area contributed by atoms with Crippen molar-refractivity contribution in [2.75, 3.05) is 6.54 Å². The van der Waals surface area contributed by atoms with Crippen molar-refractivity contribution in [3.8, 4) is 0 Å². The number of aromatic amines is 1. The van der Waals surface area contributed by atoms with Gasteiger partial charge in [0.2, 0.25) is 0 Å². The molecule has 34 heavy (non-hydrogen) atoms. The van der Waals surface area contributed by atoms with Gasteiger partial charge >= 0.3 is 0 Å². The average molecular weight is 452 g/mol. The van der Waals surface area contributed by atoms with Crippen LogP contribution in [0.3, 0.4) is 0 Å². The van der Waals surface area contributed by atoms with E-state index in [0.29, 0.717) is 18.1 Å². The van der Waals surface area contributed by atoms with Crippen LogP contribution in [0.5, 0.6) is 0 Å². The summed E-state index contributed by atoms with van der Waals surface area (Å²) in [7, 11) is 0. The first kappa shape index (κ1) is 21.5. The molecule has 2 aliphatic heterocycles. The van der Waals surface area contributed by atoms with E-state index in [4.69, 9.17) is 4.98 Å². The minimum absolute atomic E-state index is 0.330. The summed E-state index contributed by atoms with van der Waals surface area (Å²) in [5, 5.41) is 3.67. The summed E-state index contributed by atoms with van der Waals surface area (Å²) in [6.07, 6.45) is 14.7. The molecule has 0 spiro atoms. The maximum Gasteiger partial charge on any atom is 0.121 e. The zero-order chi connectivity index (χ0) is 22.7. The number of fused-ring (bicyclic) bond motifs is 2. The lowest BCUT2D eigenvalue weighted by Gasteiger charge is -2.34. The van der Waals surface area contributed by atoms with E-state index < -0.39 is 0 Å². The van der Waals surface area contributed by atoms with Gasteiger partial charge in [0, 0.05) is 24.8 Å². The third-order valence-electron chi connectivity index (χ3n) is 7.48. The van der Waals surface area contributed by atoms with Crippen molar-refractivity contribution in [2.45, 2.75) is 63.3 Å². The van der Waals surface area contributed by atoms with Crippen molar-refractivity contribution >= 4 is 17.2 Å². The number of hydrogen-bond acceptors (Lipinski definition) is 4. The van der Waals surface area contributed by atoms with Crippen molar-refractivity contribution in [3.63, 3.8) is 0 Å². The third kappa shape index (κ3) is 4.63. The Labute approximate surface area is 201 Å². The van der Waals surface area contributed by atoms with Crippen molar-refractivity contribution in [1.82, 2.24) is 20.2 Å². The van der Waals surface area contributed by atoms with Crippen LogP contribution in [-0.2, 0) is 13.1 Å². The molecular weight excluding hydrogens is 418 g/mol. The van der Waals surface area contributed by atoms with Crippen LogP contribution in [0.15, 0.2) is 77.3 Å². The highest BCUT2D eigenvalue weighted by Crippen LogP contribution is 2.29. The van der Waals surface area contributed by atoms with Gasteiger partial charge in [0.25, 0.3) is 0 Å². The van der Waals surface area contributed by atoms with Crippen LogP contribution in [0.25, 0.3) is 11.0 Å². The Hall–Kier alpha value is -3.02. The van der Waals surface area contributed by atoms with Gasteiger partial charge in [0.15, 0.2) is 0 Å². The zero-order valence-corrected chi connectivity index (χ0v) is 19.7. The van der Waals surface area contributed by atoms with E-state index in [-0.39, 0.29) is 0 Å².